The molecule has 0 radical (unpaired) electrons. The quantitative estimate of drug-likeness (QED) is 0.743. The van der Waals surface area contributed by atoms with Crippen LogP contribution < -0.4 is 0 Å². The largest absolute Gasteiger partial charge is 0.382 e. The van der Waals surface area contributed by atoms with Gasteiger partial charge >= 0.3 is 0 Å². The molecule has 5 nitrogen and oxygen atoms in total. The zero-order chi connectivity index (χ0) is 15.8. The molecule has 2 aromatic heterocycles. The molecule has 0 saturated carbocycles. The van der Waals surface area contributed by atoms with E-state index in [4.69, 9.17) is 4.74 Å². The molecule has 1 amide bonds. The van der Waals surface area contributed by atoms with Gasteiger partial charge in [-0.3, -0.25) is 4.79 Å². The van der Waals surface area contributed by atoms with Gasteiger partial charge in [0.1, 0.15) is 0 Å². The van der Waals surface area contributed by atoms with Crippen molar-refractivity contribution >= 4 is 27.3 Å². The van der Waals surface area contributed by atoms with Crippen molar-refractivity contribution in [2.45, 2.75) is 12.6 Å². The molecular formula is C17H17N3O2S. The third-order valence-corrected chi connectivity index (χ3v) is 5.31. The fourth-order valence-corrected chi connectivity index (χ4v) is 4.14. The van der Waals surface area contributed by atoms with Gasteiger partial charge in [-0.25, -0.2) is 4.98 Å². The maximum Gasteiger partial charge on any atom is 0.264 e. The highest BCUT2D eigenvalue weighted by Gasteiger charge is 2.29. The molecule has 4 rings (SSSR count). The predicted octanol–water partition coefficient (Wildman–Crippen LogP) is 2.94. The number of methoxy groups -OCH3 is 1. The third kappa shape index (κ3) is 2.54. The van der Waals surface area contributed by atoms with E-state index in [-0.39, 0.29) is 11.9 Å². The number of fused-ring (bicyclic) bond motifs is 2. The van der Waals surface area contributed by atoms with E-state index in [0.717, 1.165) is 20.7 Å². The maximum absolute atomic E-state index is 12.9. The molecule has 0 N–H and O–H groups in total. The summed E-state index contributed by atoms with van der Waals surface area (Å²) in [5, 5.41) is 1.12. The zero-order valence-corrected chi connectivity index (χ0v) is 13.6. The summed E-state index contributed by atoms with van der Waals surface area (Å²) in [5.74, 6) is 0.0831. The highest BCUT2D eigenvalue weighted by Crippen LogP contribution is 2.29. The summed E-state index contributed by atoms with van der Waals surface area (Å²) in [6.07, 6.45) is 3.65. The van der Waals surface area contributed by atoms with Crippen LogP contribution in [0.2, 0.25) is 0 Å². The number of rotatable bonds is 3. The summed E-state index contributed by atoms with van der Waals surface area (Å²) in [4.78, 5) is 19.8. The van der Waals surface area contributed by atoms with Crippen molar-refractivity contribution in [2.75, 3.05) is 20.3 Å². The van der Waals surface area contributed by atoms with Crippen molar-refractivity contribution in [1.29, 1.82) is 0 Å². The Morgan fingerprint density at radius 1 is 1.43 bits per heavy atom. The lowest BCUT2D eigenvalue weighted by molar-refractivity contribution is 0.0604. The van der Waals surface area contributed by atoms with E-state index < -0.39 is 0 Å². The van der Waals surface area contributed by atoms with Crippen LogP contribution in [0.1, 0.15) is 21.4 Å². The molecule has 0 saturated heterocycles. The average molecular weight is 327 g/mol. The van der Waals surface area contributed by atoms with E-state index in [1.165, 1.54) is 0 Å². The van der Waals surface area contributed by atoms with Crippen molar-refractivity contribution < 1.29 is 9.53 Å². The fraction of sp³-hybridized carbons (Fsp3) is 0.294. The fourth-order valence-electron chi connectivity index (χ4n) is 3.11. The second kappa shape index (κ2) is 5.79. The first-order valence-electron chi connectivity index (χ1n) is 7.54. The molecule has 0 unspecified atom stereocenters. The maximum atomic E-state index is 12.9. The minimum atomic E-state index is 0.0831. The van der Waals surface area contributed by atoms with Crippen LogP contribution in [0, 0.1) is 0 Å². The number of thiophene rings is 1. The molecular weight excluding hydrogens is 310 g/mol. The number of imidazole rings is 1. The summed E-state index contributed by atoms with van der Waals surface area (Å²) in [7, 11) is 1.68. The molecule has 3 heterocycles. The number of benzene rings is 1. The first-order chi connectivity index (χ1) is 11.3. The number of amides is 1. The molecule has 23 heavy (non-hydrogen) atoms. The van der Waals surface area contributed by atoms with Gasteiger partial charge in [-0.2, -0.15) is 0 Å². The number of ether oxygens (including phenoxy) is 1. The molecule has 1 aliphatic heterocycles. The smallest absolute Gasteiger partial charge is 0.264 e. The molecule has 3 aromatic rings. The van der Waals surface area contributed by atoms with E-state index in [2.05, 4.69) is 15.6 Å². The Morgan fingerprint density at radius 2 is 2.30 bits per heavy atom. The minimum Gasteiger partial charge on any atom is -0.382 e. The van der Waals surface area contributed by atoms with Crippen molar-refractivity contribution in [3.8, 4) is 0 Å². The number of nitrogens with zero attached hydrogens (tertiary/aromatic N) is 3. The first-order valence-corrected chi connectivity index (χ1v) is 8.35. The second-order valence-electron chi connectivity index (χ2n) is 5.74. The molecule has 0 fully saturated rings. The highest BCUT2D eigenvalue weighted by atomic mass is 32.1. The van der Waals surface area contributed by atoms with E-state index in [1.54, 1.807) is 18.4 Å². The van der Waals surface area contributed by atoms with E-state index in [0.29, 0.717) is 19.7 Å². The number of carbonyl (C=O) groups excluding carboxylic acids is 1. The van der Waals surface area contributed by atoms with Gasteiger partial charge < -0.3 is 14.2 Å². The van der Waals surface area contributed by atoms with Crippen LogP contribution in [0.3, 0.4) is 0 Å². The Labute approximate surface area is 138 Å². The van der Waals surface area contributed by atoms with Gasteiger partial charge in [0, 0.05) is 24.6 Å². The third-order valence-electron chi connectivity index (χ3n) is 4.21. The van der Waals surface area contributed by atoms with Crippen LogP contribution in [0.25, 0.3) is 10.1 Å². The summed E-state index contributed by atoms with van der Waals surface area (Å²) >= 11 is 1.55. The molecule has 6 heteroatoms. The average Bonchev–Trinajstić information content (AvgIpc) is 3.20. The second-order valence-corrected chi connectivity index (χ2v) is 6.82. The van der Waals surface area contributed by atoms with E-state index >= 15 is 0 Å². The van der Waals surface area contributed by atoms with Gasteiger partial charge in [-0.05, 0) is 17.5 Å². The van der Waals surface area contributed by atoms with Crippen molar-refractivity contribution in [3.63, 3.8) is 0 Å². The van der Waals surface area contributed by atoms with Crippen molar-refractivity contribution in [1.82, 2.24) is 14.5 Å². The van der Waals surface area contributed by atoms with Gasteiger partial charge in [-0.15, -0.1) is 11.3 Å². The normalized spacial score (nSPS) is 17.4. The summed E-state index contributed by atoms with van der Waals surface area (Å²) in [6.45, 7) is 1.80. The Kier molecular flexibility index (Phi) is 3.63. The van der Waals surface area contributed by atoms with Crippen LogP contribution in [0.4, 0.5) is 0 Å². The number of hydrogen-bond acceptors (Lipinski definition) is 4. The summed E-state index contributed by atoms with van der Waals surface area (Å²) < 4.78 is 8.56. The summed E-state index contributed by atoms with van der Waals surface area (Å²) in [6, 6.07) is 10.2. The van der Waals surface area contributed by atoms with Crippen LogP contribution in [-0.4, -0.2) is 40.6 Å². The van der Waals surface area contributed by atoms with E-state index in [9.17, 15) is 4.79 Å². The molecule has 0 spiro atoms. The molecule has 0 bridgehead atoms. The molecule has 1 aromatic carbocycles. The molecule has 1 atom stereocenters. The van der Waals surface area contributed by atoms with E-state index in [1.807, 2.05) is 41.7 Å². The van der Waals surface area contributed by atoms with Gasteiger partial charge in [-0.1, -0.05) is 18.2 Å². The van der Waals surface area contributed by atoms with Gasteiger partial charge in [0.2, 0.25) is 0 Å². The highest BCUT2D eigenvalue weighted by molar-refractivity contribution is 7.20. The number of carbonyl (C=O) groups is 1. The van der Waals surface area contributed by atoms with Gasteiger partial charge in [0.15, 0.2) is 0 Å². The molecule has 1 aliphatic rings. The van der Waals surface area contributed by atoms with Crippen molar-refractivity contribution in [3.05, 3.63) is 53.4 Å². The number of hydrogen-bond donors (Lipinski definition) is 0. The standard InChI is InChI=1S/C17H17N3O2S/c1-22-10-14-9-19(8-13-7-18-11-20(13)14)17(21)16-6-12-4-2-3-5-15(12)23-16/h2-7,11,14H,8-10H2,1H3/t14-/m0/s1. The lowest BCUT2D eigenvalue weighted by Crippen LogP contribution is -2.41. The SMILES string of the molecule is COC[C@@H]1CN(C(=O)c2cc3ccccc3s2)Cc2cncn21. The first kappa shape index (κ1) is 14.4. The number of aromatic nitrogens is 2. The Bertz CT molecular complexity index is 821. The minimum absolute atomic E-state index is 0.0831. The van der Waals surface area contributed by atoms with Crippen LogP contribution in [0.15, 0.2) is 42.9 Å². The van der Waals surface area contributed by atoms with Crippen LogP contribution in [-0.2, 0) is 11.3 Å². The molecule has 118 valence electrons. The lowest BCUT2D eigenvalue weighted by atomic mass is 10.2. The predicted molar refractivity (Wildman–Crippen MR) is 89.7 cm³/mol. The Balaban J connectivity index is 1.63. The van der Waals surface area contributed by atoms with Crippen molar-refractivity contribution in [2.24, 2.45) is 0 Å². The molecule has 0 aliphatic carbocycles. The lowest BCUT2D eigenvalue weighted by Gasteiger charge is -2.33. The van der Waals surface area contributed by atoms with Crippen LogP contribution >= 0.6 is 11.3 Å². The van der Waals surface area contributed by atoms with Gasteiger partial charge in [0.05, 0.1) is 36.1 Å². The monoisotopic (exact) mass is 327 g/mol. The Morgan fingerprint density at radius 3 is 3.13 bits per heavy atom. The Hall–Kier alpha value is -2.18. The van der Waals surface area contributed by atoms with Crippen LogP contribution in [0.5, 0.6) is 0 Å². The summed E-state index contributed by atoms with van der Waals surface area (Å²) in [5.41, 5.74) is 1.05. The topological polar surface area (TPSA) is 47.4 Å². The zero-order valence-electron chi connectivity index (χ0n) is 12.8. The van der Waals surface area contributed by atoms with Gasteiger partial charge in [0.25, 0.3) is 5.91 Å².